The molecule has 0 aliphatic heterocycles. The Labute approximate surface area is 193 Å². The van der Waals surface area contributed by atoms with Gasteiger partial charge in [-0.1, -0.05) is 60.3 Å². The first-order valence-electron chi connectivity index (χ1n) is 10.8. The monoisotopic (exact) mass is 444 g/mol. The Bertz CT molecular complexity index is 1200. The van der Waals surface area contributed by atoms with Crippen molar-refractivity contribution < 1.29 is 4.79 Å². The molecule has 2 heterocycles. The summed E-state index contributed by atoms with van der Waals surface area (Å²) >= 11 is 1.53. The van der Waals surface area contributed by atoms with Crippen LogP contribution in [0.3, 0.4) is 0 Å². The number of para-hydroxylation sites is 1. The highest BCUT2D eigenvalue weighted by molar-refractivity contribution is 7.98. The predicted molar refractivity (Wildman–Crippen MR) is 131 cm³/mol. The first-order chi connectivity index (χ1) is 15.6. The summed E-state index contributed by atoms with van der Waals surface area (Å²) in [7, 11) is 0. The van der Waals surface area contributed by atoms with E-state index in [9.17, 15) is 4.79 Å². The average molecular weight is 445 g/mol. The van der Waals surface area contributed by atoms with E-state index in [1.807, 2.05) is 44.4 Å². The highest BCUT2D eigenvalue weighted by Gasteiger charge is 2.19. The molecule has 5 nitrogen and oxygen atoms in total. The number of amides is 1. The Hall–Kier alpha value is -3.12. The van der Waals surface area contributed by atoms with Crippen molar-refractivity contribution in [2.75, 3.05) is 12.8 Å². The van der Waals surface area contributed by atoms with E-state index in [4.69, 9.17) is 0 Å². The summed E-state index contributed by atoms with van der Waals surface area (Å²) in [4.78, 5) is 25.2. The van der Waals surface area contributed by atoms with E-state index in [0.29, 0.717) is 19.4 Å². The molecule has 6 heteroatoms. The van der Waals surface area contributed by atoms with Gasteiger partial charge in [0.15, 0.2) is 5.16 Å². The molecular formula is C26H28N4OS. The number of aryl methyl sites for hydroxylation is 2. The Morgan fingerprint density at radius 1 is 1.03 bits per heavy atom. The third kappa shape index (κ3) is 4.86. The van der Waals surface area contributed by atoms with Crippen LogP contribution in [-0.2, 0) is 11.2 Å². The number of hydrogen-bond acceptors (Lipinski definition) is 4. The van der Waals surface area contributed by atoms with E-state index in [1.165, 1.54) is 28.3 Å². The zero-order valence-corrected chi connectivity index (χ0v) is 19.5. The number of benzene rings is 2. The SMILES string of the molecule is CSc1nc(C)c(CCC(=O)NCC(c2ccccc2)c2c[nH]c3ccccc23)c(C)n1. The largest absolute Gasteiger partial charge is 0.361 e. The second-order valence-electron chi connectivity index (χ2n) is 7.92. The van der Waals surface area contributed by atoms with Gasteiger partial charge in [0.2, 0.25) is 5.91 Å². The van der Waals surface area contributed by atoms with Crippen molar-refractivity contribution in [2.24, 2.45) is 0 Å². The number of carbonyl (C=O) groups excluding carboxylic acids is 1. The highest BCUT2D eigenvalue weighted by Crippen LogP contribution is 2.30. The predicted octanol–water partition coefficient (Wildman–Crippen LogP) is 5.18. The number of hydrogen-bond donors (Lipinski definition) is 2. The Kier molecular flexibility index (Phi) is 6.90. The lowest BCUT2D eigenvalue weighted by molar-refractivity contribution is -0.121. The lowest BCUT2D eigenvalue weighted by Gasteiger charge is -2.18. The Morgan fingerprint density at radius 2 is 1.72 bits per heavy atom. The van der Waals surface area contributed by atoms with Gasteiger partial charge in [0.25, 0.3) is 0 Å². The summed E-state index contributed by atoms with van der Waals surface area (Å²) in [6.45, 7) is 4.53. The van der Waals surface area contributed by atoms with Crippen LogP contribution < -0.4 is 5.32 Å². The van der Waals surface area contributed by atoms with Crippen LogP contribution in [0.2, 0.25) is 0 Å². The number of nitrogens with one attached hydrogen (secondary N) is 2. The van der Waals surface area contributed by atoms with Gasteiger partial charge in [-0.15, -0.1) is 0 Å². The molecule has 2 aromatic heterocycles. The smallest absolute Gasteiger partial charge is 0.220 e. The molecule has 0 radical (unpaired) electrons. The minimum atomic E-state index is 0.0403. The van der Waals surface area contributed by atoms with Crippen molar-refractivity contribution in [1.29, 1.82) is 0 Å². The molecule has 2 N–H and O–H groups in total. The summed E-state index contributed by atoms with van der Waals surface area (Å²) in [5.74, 6) is 0.113. The van der Waals surface area contributed by atoms with Crippen molar-refractivity contribution in [3.05, 3.63) is 88.9 Å². The van der Waals surface area contributed by atoms with Gasteiger partial charge >= 0.3 is 0 Å². The van der Waals surface area contributed by atoms with E-state index in [2.05, 4.69) is 56.8 Å². The molecule has 0 aliphatic rings. The fraction of sp³-hybridized carbons (Fsp3) is 0.269. The van der Waals surface area contributed by atoms with Crippen LogP contribution in [0.1, 0.15) is 40.4 Å². The number of thioether (sulfide) groups is 1. The van der Waals surface area contributed by atoms with Gasteiger partial charge < -0.3 is 10.3 Å². The fourth-order valence-corrected chi connectivity index (χ4v) is 4.64. The van der Waals surface area contributed by atoms with Gasteiger partial charge in [0, 0.05) is 47.4 Å². The number of carbonyl (C=O) groups is 1. The minimum Gasteiger partial charge on any atom is -0.361 e. The first kappa shape index (κ1) is 22.1. The number of aromatic amines is 1. The molecule has 1 atom stereocenters. The van der Waals surface area contributed by atoms with Crippen molar-refractivity contribution in [3.8, 4) is 0 Å². The van der Waals surface area contributed by atoms with Gasteiger partial charge in [-0.05, 0) is 49.3 Å². The highest BCUT2D eigenvalue weighted by atomic mass is 32.2. The van der Waals surface area contributed by atoms with Crippen LogP contribution in [0.15, 0.2) is 66.0 Å². The van der Waals surface area contributed by atoms with Crippen LogP contribution in [0, 0.1) is 13.8 Å². The number of H-pyrrole nitrogens is 1. The average Bonchev–Trinajstić information content (AvgIpc) is 3.23. The molecule has 164 valence electrons. The lowest BCUT2D eigenvalue weighted by Crippen LogP contribution is -2.29. The summed E-state index contributed by atoms with van der Waals surface area (Å²) < 4.78 is 0. The van der Waals surface area contributed by atoms with Crippen LogP contribution in [-0.4, -0.2) is 33.7 Å². The van der Waals surface area contributed by atoms with Crippen LogP contribution >= 0.6 is 11.8 Å². The maximum absolute atomic E-state index is 12.8. The van der Waals surface area contributed by atoms with Gasteiger partial charge in [-0.2, -0.15) is 0 Å². The topological polar surface area (TPSA) is 70.7 Å². The molecule has 4 aromatic rings. The van der Waals surface area contributed by atoms with E-state index in [1.54, 1.807) is 0 Å². The molecule has 1 unspecified atom stereocenters. The quantitative estimate of drug-likeness (QED) is 0.290. The van der Waals surface area contributed by atoms with Crippen LogP contribution in [0.5, 0.6) is 0 Å². The molecule has 0 saturated heterocycles. The standard InChI is InChI=1S/C26H28N4OS/c1-17-20(18(2)30-26(29-17)32-3)13-14-25(31)28-15-22(19-9-5-4-6-10-19)23-16-27-24-12-8-7-11-21(23)24/h4-12,16,22,27H,13-15H2,1-3H3,(H,28,31). The van der Waals surface area contributed by atoms with Gasteiger partial charge in [-0.25, -0.2) is 9.97 Å². The van der Waals surface area contributed by atoms with Gasteiger partial charge in [0.05, 0.1) is 0 Å². The van der Waals surface area contributed by atoms with E-state index in [0.717, 1.165) is 27.6 Å². The van der Waals surface area contributed by atoms with E-state index >= 15 is 0 Å². The number of aromatic nitrogens is 3. The molecule has 4 rings (SSSR count). The third-order valence-electron chi connectivity index (χ3n) is 5.89. The Balaban J connectivity index is 1.48. The molecule has 0 fully saturated rings. The van der Waals surface area contributed by atoms with Crippen molar-refractivity contribution in [3.63, 3.8) is 0 Å². The summed E-state index contributed by atoms with van der Waals surface area (Å²) in [5.41, 5.74) is 6.46. The second kappa shape index (κ2) is 10.0. The van der Waals surface area contributed by atoms with Crippen molar-refractivity contribution in [1.82, 2.24) is 20.3 Å². The van der Waals surface area contributed by atoms with Gasteiger partial charge in [0.1, 0.15) is 0 Å². The van der Waals surface area contributed by atoms with Crippen LogP contribution in [0.4, 0.5) is 0 Å². The van der Waals surface area contributed by atoms with Crippen LogP contribution in [0.25, 0.3) is 10.9 Å². The van der Waals surface area contributed by atoms with Gasteiger partial charge in [-0.3, -0.25) is 4.79 Å². The number of nitrogens with zero attached hydrogens (tertiary/aromatic N) is 2. The van der Waals surface area contributed by atoms with E-state index in [-0.39, 0.29) is 11.8 Å². The number of fused-ring (bicyclic) bond motifs is 1. The van der Waals surface area contributed by atoms with Crippen molar-refractivity contribution >= 4 is 28.6 Å². The lowest BCUT2D eigenvalue weighted by atomic mass is 9.91. The zero-order valence-electron chi connectivity index (χ0n) is 18.7. The molecule has 0 aliphatic carbocycles. The third-order valence-corrected chi connectivity index (χ3v) is 6.43. The molecule has 2 aromatic carbocycles. The van der Waals surface area contributed by atoms with Crippen molar-refractivity contribution in [2.45, 2.75) is 37.8 Å². The maximum atomic E-state index is 12.8. The Morgan fingerprint density at radius 3 is 2.44 bits per heavy atom. The fourth-order valence-electron chi connectivity index (χ4n) is 4.18. The minimum absolute atomic E-state index is 0.0403. The van der Waals surface area contributed by atoms with E-state index < -0.39 is 0 Å². The normalized spacial score (nSPS) is 12.1. The molecule has 0 bridgehead atoms. The first-order valence-corrected chi connectivity index (χ1v) is 12.0. The molecule has 1 amide bonds. The number of rotatable bonds is 8. The second-order valence-corrected chi connectivity index (χ2v) is 8.69. The molecular weight excluding hydrogens is 416 g/mol. The summed E-state index contributed by atoms with van der Waals surface area (Å²) in [6, 6.07) is 18.6. The molecule has 32 heavy (non-hydrogen) atoms. The summed E-state index contributed by atoms with van der Waals surface area (Å²) in [6.07, 6.45) is 5.09. The zero-order chi connectivity index (χ0) is 22.5. The molecule has 0 spiro atoms. The maximum Gasteiger partial charge on any atom is 0.220 e. The molecule has 0 saturated carbocycles. The summed E-state index contributed by atoms with van der Waals surface area (Å²) in [5, 5.41) is 5.13.